The molecule has 4 rings (SSSR count). The lowest BCUT2D eigenvalue weighted by atomic mass is 9.45. The van der Waals surface area contributed by atoms with E-state index < -0.39 is 17.0 Å². The summed E-state index contributed by atoms with van der Waals surface area (Å²) in [5, 5.41) is 11.5. The van der Waals surface area contributed by atoms with Gasteiger partial charge in [-0.25, -0.2) is 0 Å². The Labute approximate surface area is 172 Å². The number of fused-ring (bicyclic) bond motifs is 5. The van der Waals surface area contributed by atoms with Crippen LogP contribution in [0, 0.1) is 34.5 Å². The van der Waals surface area contributed by atoms with E-state index in [1.807, 2.05) is 6.08 Å². The van der Waals surface area contributed by atoms with E-state index in [0.717, 1.165) is 25.7 Å². The topological polar surface area (TPSA) is 80.7 Å². The van der Waals surface area contributed by atoms with Crippen molar-refractivity contribution in [2.24, 2.45) is 34.5 Å². The summed E-state index contributed by atoms with van der Waals surface area (Å²) in [5.74, 6) is 0.585. The molecule has 0 heterocycles. The Balaban J connectivity index is 1.65. The average Bonchev–Trinajstić information content (AvgIpc) is 2.94. The third kappa shape index (κ3) is 2.80. The fourth-order valence-corrected chi connectivity index (χ4v) is 7.38. The van der Waals surface area contributed by atoms with Crippen LogP contribution in [0.15, 0.2) is 23.8 Å². The molecule has 0 spiro atoms. The summed E-state index contributed by atoms with van der Waals surface area (Å²) in [7, 11) is 0. The minimum Gasteiger partial charge on any atom is -0.458 e. The third-order valence-electron chi connectivity index (χ3n) is 8.90. The van der Waals surface area contributed by atoms with E-state index >= 15 is 0 Å². The van der Waals surface area contributed by atoms with Gasteiger partial charge in [-0.1, -0.05) is 32.4 Å². The van der Waals surface area contributed by atoms with Gasteiger partial charge in [0.25, 0.3) is 0 Å². The molecule has 0 amide bonds. The van der Waals surface area contributed by atoms with Gasteiger partial charge in [0.05, 0.1) is 0 Å². The van der Waals surface area contributed by atoms with Gasteiger partial charge < -0.3 is 9.84 Å². The number of allylic oxidation sites excluding steroid dienone is 4. The molecule has 0 aliphatic heterocycles. The van der Waals surface area contributed by atoms with Gasteiger partial charge in [0, 0.05) is 17.8 Å². The van der Waals surface area contributed by atoms with Crippen molar-refractivity contribution >= 4 is 17.5 Å². The molecule has 0 radical (unpaired) electrons. The summed E-state index contributed by atoms with van der Waals surface area (Å²) in [4.78, 5) is 36.1. The van der Waals surface area contributed by atoms with Crippen LogP contribution in [-0.2, 0) is 19.1 Å². The molecule has 0 bridgehead atoms. The standard InChI is InChI=1S/C24H32O5/c1-14-11-17-18(22(3)8-5-16(26)12-20(14)22)6-9-23(4)19(17)7-10-24(23,28)21(27)13-29-15(2)25/h5,8,12,14,17-19,28H,6-7,9-11,13H2,1-4H3/t14?,17-,18+,19+,22-,23+,24+/m1/s1. The van der Waals surface area contributed by atoms with Crippen LogP contribution >= 0.6 is 0 Å². The maximum atomic E-state index is 12.9. The zero-order valence-electron chi connectivity index (χ0n) is 17.9. The third-order valence-corrected chi connectivity index (χ3v) is 8.90. The molecule has 3 saturated carbocycles. The average molecular weight is 401 g/mol. The molecule has 4 aliphatic carbocycles. The summed E-state index contributed by atoms with van der Waals surface area (Å²) >= 11 is 0. The molecule has 5 nitrogen and oxygen atoms in total. The lowest BCUT2D eigenvalue weighted by molar-refractivity contribution is -0.169. The highest BCUT2D eigenvalue weighted by molar-refractivity contribution is 6.01. The van der Waals surface area contributed by atoms with Gasteiger partial charge in [-0.05, 0) is 67.9 Å². The molecular formula is C24H32O5. The van der Waals surface area contributed by atoms with Crippen LogP contribution < -0.4 is 0 Å². The van der Waals surface area contributed by atoms with Crippen molar-refractivity contribution < 1.29 is 24.2 Å². The predicted octanol–water partition coefficient (Wildman–Crippen LogP) is 3.40. The summed E-state index contributed by atoms with van der Waals surface area (Å²) in [6.07, 6.45) is 9.56. The first-order valence-corrected chi connectivity index (χ1v) is 10.9. The molecule has 5 heteroatoms. The Morgan fingerprint density at radius 3 is 2.59 bits per heavy atom. The number of ketones is 2. The highest BCUT2D eigenvalue weighted by atomic mass is 16.5. The number of hydrogen-bond acceptors (Lipinski definition) is 5. The van der Waals surface area contributed by atoms with Gasteiger partial charge in [0.2, 0.25) is 5.78 Å². The van der Waals surface area contributed by atoms with E-state index in [-0.39, 0.29) is 29.5 Å². The summed E-state index contributed by atoms with van der Waals surface area (Å²) < 4.78 is 4.93. The minimum absolute atomic E-state index is 0.0785. The number of aliphatic hydroxyl groups is 1. The number of ether oxygens (including phenoxy) is 1. The second-order valence-electron chi connectivity index (χ2n) is 10.2. The molecule has 7 atom stereocenters. The van der Waals surface area contributed by atoms with Gasteiger partial charge >= 0.3 is 5.97 Å². The quantitative estimate of drug-likeness (QED) is 0.735. The van der Waals surface area contributed by atoms with E-state index in [2.05, 4.69) is 26.8 Å². The molecule has 29 heavy (non-hydrogen) atoms. The number of hydrogen-bond donors (Lipinski definition) is 1. The molecule has 3 fully saturated rings. The SMILES string of the molecule is CC(=O)OCC(=O)[C@@]1(O)CC[C@H]2[C@@H]3CC(C)C4=CC(=O)C=C[C@]4(C)[C@H]3CC[C@@]21C. The Hall–Kier alpha value is -1.75. The Bertz CT molecular complexity index is 825. The first-order valence-electron chi connectivity index (χ1n) is 10.9. The minimum atomic E-state index is -1.43. The van der Waals surface area contributed by atoms with Crippen LogP contribution in [-0.4, -0.2) is 34.9 Å². The van der Waals surface area contributed by atoms with Crippen LogP contribution in [0.3, 0.4) is 0 Å². The van der Waals surface area contributed by atoms with E-state index in [1.54, 1.807) is 6.08 Å². The zero-order valence-corrected chi connectivity index (χ0v) is 17.9. The van der Waals surface area contributed by atoms with Gasteiger partial charge in [-0.2, -0.15) is 0 Å². The second-order valence-corrected chi connectivity index (χ2v) is 10.2. The van der Waals surface area contributed by atoms with Crippen molar-refractivity contribution in [3.8, 4) is 0 Å². The number of carbonyl (C=O) groups excluding carboxylic acids is 3. The number of rotatable bonds is 3. The van der Waals surface area contributed by atoms with Crippen LogP contribution in [0.25, 0.3) is 0 Å². The summed E-state index contributed by atoms with van der Waals surface area (Å²) in [6.45, 7) is 7.44. The largest absolute Gasteiger partial charge is 0.458 e. The number of Topliss-reactive ketones (excluding diaryl/α,β-unsaturated/α-hetero) is 1. The van der Waals surface area contributed by atoms with Crippen LogP contribution in [0.5, 0.6) is 0 Å². The Morgan fingerprint density at radius 2 is 1.90 bits per heavy atom. The molecule has 0 aromatic heterocycles. The fraction of sp³-hybridized carbons (Fsp3) is 0.708. The monoisotopic (exact) mass is 400 g/mol. The smallest absolute Gasteiger partial charge is 0.303 e. The molecule has 0 aromatic rings. The van der Waals surface area contributed by atoms with Gasteiger partial charge in [-0.15, -0.1) is 0 Å². The van der Waals surface area contributed by atoms with Crippen molar-refractivity contribution in [3.63, 3.8) is 0 Å². The zero-order chi connectivity index (χ0) is 21.2. The van der Waals surface area contributed by atoms with Gasteiger partial charge in [-0.3, -0.25) is 14.4 Å². The van der Waals surface area contributed by atoms with Crippen molar-refractivity contribution in [2.75, 3.05) is 6.61 Å². The van der Waals surface area contributed by atoms with Crippen LogP contribution in [0.2, 0.25) is 0 Å². The van der Waals surface area contributed by atoms with Gasteiger partial charge in [0.15, 0.2) is 12.4 Å². The number of esters is 1. The van der Waals surface area contributed by atoms with Crippen molar-refractivity contribution in [1.82, 2.24) is 0 Å². The van der Waals surface area contributed by atoms with E-state index in [0.29, 0.717) is 24.2 Å². The second kappa shape index (κ2) is 6.63. The number of carbonyl (C=O) groups is 3. The lowest BCUT2D eigenvalue weighted by Gasteiger charge is -2.59. The predicted molar refractivity (Wildman–Crippen MR) is 108 cm³/mol. The van der Waals surface area contributed by atoms with Crippen LogP contribution in [0.4, 0.5) is 0 Å². The first-order chi connectivity index (χ1) is 13.5. The maximum Gasteiger partial charge on any atom is 0.303 e. The normalized spacial score (nSPS) is 45.7. The Kier molecular flexibility index (Phi) is 4.69. The molecule has 158 valence electrons. The highest BCUT2D eigenvalue weighted by Gasteiger charge is 2.66. The van der Waals surface area contributed by atoms with Crippen molar-refractivity contribution in [1.29, 1.82) is 0 Å². The molecule has 4 aliphatic rings. The van der Waals surface area contributed by atoms with E-state index in [9.17, 15) is 19.5 Å². The molecule has 1 N–H and O–H groups in total. The molecule has 1 unspecified atom stereocenters. The Morgan fingerprint density at radius 1 is 1.21 bits per heavy atom. The summed E-state index contributed by atoms with van der Waals surface area (Å²) in [5.41, 5.74) is -0.817. The maximum absolute atomic E-state index is 12.9. The lowest BCUT2D eigenvalue weighted by Crippen LogP contribution is -2.58. The van der Waals surface area contributed by atoms with Crippen molar-refractivity contribution in [3.05, 3.63) is 23.8 Å². The van der Waals surface area contributed by atoms with Gasteiger partial charge in [0.1, 0.15) is 5.60 Å². The first kappa shape index (κ1) is 20.5. The van der Waals surface area contributed by atoms with Crippen LogP contribution in [0.1, 0.15) is 59.8 Å². The molecular weight excluding hydrogens is 368 g/mol. The van der Waals surface area contributed by atoms with Crippen molar-refractivity contribution in [2.45, 2.75) is 65.4 Å². The highest BCUT2D eigenvalue weighted by Crippen LogP contribution is 2.67. The van der Waals surface area contributed by atoms with E-state index in [4.69, 9.17) is 4.74 Å². The van der Waals surface area contributed by atoms with E-state index in [1.165, 1.54) is 12.5 Å². The summed E-state index contributed by atoms with van der Waals surface area (Å²) in [6, 6.07) is 0. The molecule has 0 aromatic carbocycles. The molecule has 0 saturated heterocycles. The fourth-order valence-electron chi connectivity index (χ4n) is 7.38.